The van der Waals surface area contributed by atoms with Gasteiger partial charge in [0.05, 0.1) is 0 Å². The lowest BCUT2D eigenvalue weighted by molar-refractivity contribution is -0.142. The van der Waals surface area contributed by atoms with Gasteiger partial charge in [-0.25, -0.2) is 9.59 Å². The van der Waals surface area contributed by atoms with E-state index in [2.05, 4.69) is 0 Å². The molecule has 1 heterocycles. The number of aliphatic carboxylic acids is 1. The summed E-state index contributed by atoms with van der Waals surface area (Å²) in [4.78, 5) is 24.3. The summed E-state index contributed by atoms with van der Waals surface area (Å²) >= 11 is 0. The van der Waals surface area contributed by atoms with Crippen LogP contribution in [0.15, 0.2) is 0 Å². The predicted molar refractivity (Wildman–Crippen MR) is 56.0 cm³/mol. The van der Waals surface area contributed by atoms with E-state index in [1.807, 2.05) is 0 Å². The Morgan fingerprint density at radius 2 is 1.94 bits per heavy atom. The normalized spacial score (nSPS) is 32.2. The number of likely N-dealkylation sites (tertiary alicyclic amines) is 1. The van der Waals surface area contributed by atoms with Crippen molar-refractivity contribution in [3.8, 4) is 0 Å². The molecule has 3 atom stereocenters. The van der Waals surface area contributed by atoms with Gasteiger partial charge in [-0.1, -0.05) is 0 Å². The lowest BCUT2D eigenvalue weighted by atomic mass is 10.2. The van der Waals surface area contributed by atoms with Gasteiger partial charge in [0.1, 0.15) is 11.6 Å². The number of carbonyl (C=O) groups is 2. The number of carboxylic acid groups (broad SMARTS) is 1. The first-order chi connectivity index (χ1) is 7.29. The Balaban J connectivity index is 2.07. The summed E-state index contributed by atoms with van der Waals surface area (Å²) in [6.07, 6.45) is 0.993. The van der Waals surface area contributed by atoms with Crippen molar-refractivity contribution in [2.45, 2.75) is 51.3 Å². The fraction of sp³-hybridized carbons (Fsp3) is 0.818. The lowest BCUT2D eigenvalue weighted by Gasteiger charge is -2.28. The predicted octanol–water partition coefficient (Wildman–Crippen LogP) is 1.47. The highest BCUT2D eigenvalue weighted by molar-refractivity contribution is 5.82. The first kappa shape index (κ1) is 11.2. The SMILES string of the molecule is CC(C)(C)OC(=O)N1C(C(=O)O)CC2C[C@H]21. The van der Waals surface area contributed by atoms with Crippen LogP contribution in [0.4, 0.5) is 4.79 Å². The van der Waals surface area contributed by atoms with E-state index in [9.17, 15) is 9.59 Å². The number of rotatable bonds is 1. The number of hydrogen-bond donors (Lipinski definition) is 1. The zero-order valence-electron chi connectivity index (χ0n) is 9.77. The Hall–Kier alpha value is -1.26. The maximum atomic E-state index is 11.9. The Morgan fingerprint density at radius 3 is 2.44 bits per heavy atom. The summed E-state index contributed by atoms with van der Waals surface area (Å²) in [6.45, 7) is 5.34. The molecule has 0 aromatic heterocycles. The molecule has 1 saturated heterocycles. The minimum absolute atomic E-state index is 0.0935. The molecular weight excluding hydrogens is 210 g/mol. The Kier molecular flexibility index (Phi) is 2.36. The van der Waals surface area contributed by atoms with Crippen LogP contribution in [0.5, 0.6) is 0 Å². The molecule has 5 nitrogen and oxygen atoms in total. The number of amides is 1. The standard InChI is InChI=1S/C11H17NO4/c1-11(2,3)16-10(15)12-7-4-6(7)5-8(12)9(13)14/h6-8H,4-5H2,1-3H3,(H,13,14)/t6?,7-,8?/m1/s1. The smallest absolute Gasteiger partial charge is 0.411 e. The quantitative estimate of drug-likeness (QED) is 0.736. The fourth-order valence-electron chi connectivity index (χ4n) is 2.25. The van der Waals surface area contributed by atoms with E-state index in [1.54, 1.807) is 20.8 Å². The summed E-state index contributed by atoms with van der Waals surface area (Å²) in [7, 11) is 0. The van der Waals surface area contributed by atoms with Gasteiger partial charge in [-0.15, -0.1) is 0 Å². The van der Waals surface area contributed by atoms with Crippen molar-refractivity contribution in [1.82, 2.24) is 4.90 Å². The number of ether oxygens (including phenoxy) is 1. The second-order valence-electron chi connectivity index (χ2n) is 5.54. The minimum atomic E-state index is -0.932. The second-order valence-corrected chi connectivity index (χ2v) is 5.54. The van der Waals surface area contributed by atoms with E-state index in [4.69, 9.17) is 9.84 Å². The molecule has 0 bridgehead atoms. The molecule has 2 unspecified atom stereocenters. The number of carboxylic acids is 1. The molecule has 1 N–H and O–H groups in total. The van der Waals surface area contributed by atoms with Crippen molar-refractivity contribution in [2.75, 3.05) is 0 Å². The minimum Gasteiger partial charge on any atom is -0.480 e. The monoisotopic (exact) mass is 227 g/mol. The highest BCUT2D eigenvalue weighted by Crippen LogP contribution is 2.48. The van der Waals surface area contributed by atoms with E-state index < -0.39 is 23.7 Å². The number of hydrogen-bond acceptors (Lipinski definition) is 3. The summed E-state index contributed by atoms with van der Waals surface area (Å²) in [5.74, 6) is -0.563. The van der Waals surface area contributed by atoms with Crippen LogP contribution < -0.4 is 0 Å². The number of nitrogens with zero attached hydrogens (tertiary/aromatic N) is 1. The van der Waals surface area contributed by atoms with Gasteiger partial charge in [0, 0.05) is 6.04 Å². The molecule has 90 valence electrons. The van der Waals surface area contributed by atoms with Gasteiger partial charge in [-0.2, -0.15) is 0 Å². The van der Waals surface area contributed by atoms with Crippen LogP contribution in [0.25, 0.3) is 0 Å². The first-order valence-corrected chi connectivity index (χ1v) is 5.54. The highest BCUT2D eigenvalue weighted by Gasteiger charge is 2.57. The molecule has 0 radical (unpaired) electrons. The molecule has 0 spiro atoms. The zero-order chi connectivity index (χ0) is 12.1. The molecule has 0 aromatic rings. The summed E-state index contributed by atoms with van der Waals surface area (Å²) < 4.78 is 5.22. The van der Waals surface area contributed by atoms with Gasteiger partial charge < -0.3 is 9.84 Å². The van der Waals surface area contributed by atoms with Gasteiger partial charge in [0.2, 0.25) is 0 Å². The van der Waals surface area contributed by atoms with E-state index >= 15 is 0 Å². The molecule has 2 rings (SSSR count). The molecule has 16 heavy (non-hydrogen) atoms. The summed E-state index contributed by atoms with van der Waals surface area (Å²) in [5, 5.41) is 9.02. The molecule has 5 heteroatoms. The van der Waals surface area contributed by atoms with Gasteiger partial charge in [-0.3, -0.25) is 4.90 Å². The third-order valence-corrected chi connectivity index (χ3v) is 2.99. The third-order valence-electron chi connectivity index (χ3n) is 2.99. The fourth-order valence-corrected chi connectivity index (χ4v) is 2.25. The Morgan fingerprint density at radius 1 is 1.31 bits per heavy atom. The van der Waals surface area contributed by atoms with Crippen molar-refractivity contribution in [3.63, 3.8) is 0 Å². The molecule has 1 amide bonds. The average molecular weight is 227 g/mol. The van der Waals surface area contributed by atoms with E-state index in [-0.39, 0.29) is 6.04 Å². The van der Waals surface area contributed by atoms with Crippen LogP contribution in [0, 0.1) is 5.92 Å². The summed E-state index contributed by atoms with van der Waals surface area (Å²) in [5.41, 5.74) is -0.576. The molecular formula is C11H17NO4. The lowest BCUT2D eigenvalue weighted by Crippen LogP contribution is -2.45. The number of fused-ring (bicyclic) bond motifs is 1. The third kappa shape index (κ3) is 1.99. The summed E-state index contributed by atoms with van der Waals surface area (Å²) in [6, 6.07) is -0.602. The van der Waals surface area contributed by atoms with Gasteiger partial charge in [-0.05, 0) is 39.5 Å². The van der Waals surface area contributed by atoms with Crippen LogP contribution in [0.1, 0.15) is 33.6 Å². The molecule has 2 fully saturated rings. The zero-order valence-corrected chi connectivity index (χ0v) is 9.77. The van der Waals surface area contributed by atoms with Crippen LogP contribution in [-0.4, -0.2) is 39.8 Å². The molecule has 0 aromatic carbocycles. The van der Waals surface area contributed by atoms with Crippen LogP contribution in [-0.2, 0) is 9.53 Å². The average Bonchev–Trinajstić information content (AvgIpc) is 2.73. The number of carbonyl (C=O) groups excluding carboxylic acids is 1. The van der Waals surface area contributed by atoms with Crippen LogP contribution in [0.2, 0.25) is 0 Å². The molecule has 1 aliphatic heterocycles. The van der Waals surface area contributed by atoms with Crippen LogP contribution in [0.3, 0.4) is 0 Å². The van der Waals surface area contributed by atoms with Crippen molar-refractivity contribution >= 4 is 12.1 Å². The maximum Gasteiger partial charge on any atom is 0.411 e. The van der Waals surface area contributed by atoms with Crippen LogP contribution >= 0.6 is 0 Å². The topological polar surface area (TPSA) is 66.8 Å². The van der Waals surface area contributed by atoms with Gasteiger partial charge in [0.15, 0.2) is 0 Å². The van der Waals surface area contributed by atoms with Crippen molar-refractivity contribution in [2.24, 2.45) is 5.92 Å². The second kappa shape index (κ2) is 3.37. The van der Waals surface area contributed by atoms with Gasteiger partial charge >= 0.3 is 12.1 Å². The van der Waals surface area contributed by atoms with Gasteiger partial charge in [0.25, 0.3) is 0 Å². The molecule has 1 aliphatic carbocycles. The van der Waals surface area contributed by atoms with Crippen molar-refractivity contribution in [3.05, 3.63) is 0 Å². The van der Waals surface area contributed by atoms with E-state index in [0.717, 1.165) is 6.42 Å². The van der Waals surface area contributed by atoms with Crippen molar-refractivity contribution in [1.29, 1.82) is 0 Å². The Labute approximate surface area is 94.4 Å². The highest BCUT2D eigenvalue weighted by atomic mass is 16.6. The first-order valence-electron chi connectivity index (χ1n) is 5.54. The molecule has 2 aliphatic rings. The Bertz CT molecular complexity index is 333. The number of piperidine rings is 1. The van der Waals surface area contributed by atoms with Crippen molar-refractivity contribution < 1.29 is 19.4 Å². The maximum absolute atomic E-state index is 11.9. The van der Waals surface area contributed by atoms with E-state index in [0.29, 0.717) is 12.3 Å². The van der Waals surface area contributed by atoms with E-state index in [1.165, 1.54) is 4.90 Å². The largest absolute Gasteiger partial charge is 0.480 e. The molecule has 1 saturated carbocycles.